The molecule has 0 fully saturated rings. The molecule has 0 amide bonds. The second kappa shape index (κ2) is 4.63. The van der Waals surface area contributed by atoms with Gasteiger partial charge >= 0.3 is 0 Å². The van der Waals surface area contributed by atoms with Crippen molar-refractivity contribution in [3.05, 3.63) is 28.2 Å². The molecule has 0 aromatic heterocycles. The van der Waals surface area contributed by atoms with E-state index in [-0.39, 0.29) is 6.04 Å². The third kappa shape index (κ3) is 3.36. The molecule has 0 aliphatic rings. The lowest BCUT2D eigenvalue weighted by molar-refractivity contribution is 0.414. The Labute approximate surface area is 87.2 Å². The highest BCUT2D eigenvalue weighted by Crippen LogP contribution is 2.21. The zero-order valence-corrected chi connectivity index (χ0v) is 9.47. The first-order valence-corrected chi connectivity index (χ1v) is 5.00. The van der Waals surface area contributed by atoms with Crippen molar-refractivity contribution in [1.29, 1.82) is 0 Å². The van der Waals surface area contributed by atoms with E-state index < -0.39 is 0 Å². The lowest BCUT2D eigenvalue weighted by Gasteiger charge is -2.08. The van der Waals surface area contributed by atoms with Crippen LogP contribution in [0.4, 0.5) is 0 Å². The number of methoxy groups -OCH3 is 1. The van der Waals surface area contributed by atoms with E-state index in [2.05, 4.69) is 22.0 Å². The summed E-state index contributed by atoms with van der Waals surface area (Å²) in [6.45, 7) is 1.99. The number of hydrogen-bond acceptors (Lipinski definition) is 2. The molecule has 0 spiro atoms. The summed E-state index contributed by atoms with van der Waals surface area (Å²) in [6, 6.07) is 6.18. The number of rotatable bonds is 3. The van der Waals surface area contributed by atoms with Crippen LogP contribution in [-0.4, -0.2) is 13.2 Å². The minimum Gasteiger partial charge on any atom is -0.497 e. The summed E-state index contributed by atoms with van der Waals surface area (Å²) in [5, 5.41) is 0. The Morgan fingerprint density at radius 1 is 1.46 bits per heavy atom. The molecule has 0 heterocycles. The Balaban J connectivity index is 2.88. The Morgan fingerprint density at radius 2 is 2.15 bits per heavy atom. The van der Waals surface area contributed by atoms with Gasteiger partial charge in [0.25, 0.3) is 0 Å². The van der Waals surface area contributed by atoms with Crippen LogP contribution in [0.15, 0.2) is 22.7 Å². The highest BCUT2D eigenvalue weighted by molar-refractivity contribution is 9.10. The Kier molecular flexibility index (Phi) is 3.75. The van der Waals surface area contributed by atoms with E-state index in [0.717, 1.165) is 16.6 Å². The summed E-state index contributed by atoms with van der Waals surface area (Å²) in [5.74, 6) is 0.866. The van der Waals surface area contributed by atoms with Gasteiger partial charge in [0.2, 0.25) is 0 Å². The zero-order chi connectivity index (χ0) is 9.84. The van der Waals surface area contributed by atoms with Crippen molar-refractivity contribution >= 4 is 15.9 Å². The molecule has 1 aromatic rings. The fraction of sp³-hybridized carbons (Fsp3) is 0.400. The Bertz CT molecular complexity index is 286. The average molecular weight is 244 g/mol. The van der Waals surface area contributed by atoms with Crippen LogP contribution in [0.1, 0.15) is 12.5 Å². The molecule has 0 saturated carbocycles. The van der Waals surface area contributed by atoms with Crippen LogP contribution in [-0.2, 0) is 6.42 Å². The minimum atomic E-state index is 0.180. The summed E-state index contributed by atoms with van der Waals surface area (Å²) in [7, 11) is 1.66. The van der Waals surface area contributed by atoms with Crippen LogP contribution in [0.5, 0.6) is 5.75 Å². The maximum atomic E-state index is 5.71. The number of hydrogen-bond donors (Lipinski definition) is 1. The number of halogens is 1. The number of benzene rings is 1. The summed E-state index contributed by atoms with van der Waals surface area (Å²) in [4.78, 5) is 0. The Hall–Kier alpha value is -0.540. The fourth-order valence-electron chi connectivity index (χ4n) is 1.23. The van der Waals surface area contributed by atoms with Gasteiger partial charge in [0, 0.05) is 10.5 Å². The van der Waals surface area contributed by atoms with Gasteiger partial charge in [-0.05, 0) is 37.1 Å². The third-order valence-corrected chi connectivity index (χ3v) is 2.18. The van der Waals surface area contributed by atoms with Crippen molar-refractivity contribution in [3.63, 3.8) is 0 Å². The molecule has 2 N–H and O–H groups in total. The second-order valence-corrected chi connectivity index (χ2v) is 4.10. The van der Waals surface area contributed by atoms with Crippen molar-refractivity contribution in [2.45, 2.75) is 19.4 Å². The van der Waals surface area contributed by atoms with Crippen LogP contribution < -0.4 is 10.5 Å². The van der Waals surface area contributed by atoms with Gasteiger partial charge in [0.1, 0.15) is 5.75 Å². The monoisotopic (exact) mass is 243 g/mol. The molecule has 0 radical (unpaired) electrons. The highest BCUT2D eigenvalue weighted by Gasteiger charge is 2.01. The first kappa shape index (κ1) is 10.5. The molecular formula is C10H14BrNO. The maximum Gasteiger partial charge on any atom is 0.120 e. The number of ether oxygens (including phenoxy) is 1. The van der Waals surface area contributed by atoms with Gasteiger partial charge < -0.3 is 10.5 Å². The standard InChI is InChI=1S/C10H14BrNO/c1-7(12)3-8-4-9(11)6-10(5-8)13-2/h4-7H,3,12H2,1-2H3/t7-/m0/s1. The van der Waals surface area contributed by atoms with E-state index in [1.165, 1.54) is 5.56 Å². The van der Waals surface area contributed by atoms with Gasteiger partial charge in [0.15, 0.2) is 0 Å². The normalized spacial score (nSPS) is 12.6. The van der Waals surface area contributed by atoms with Gasteiger partial charge in [0.05, 0.1) is 7.11 Å². The SMILES string of the molecule is COc1cc(Br)cc(C[C@H](C)N)c1. The van der Waals surface area contributed by atoms with Gasteiger partial charge in [-0.25, -0.2) is 0 Å². The van der Waals surface area contributed by atoms with Crippen LogP contribution in [0.25, 0.3) is 0 Å². The molecule has 0 bridgehead atoms. The lowest BCUT2D eigenvalue weighted by atomic mass is 10.1. The molecule has 2 nitrogen and oxygen atoms in total. The van der Waals surface area contributed by atoms with E-state index in [0.29, 0.717) is 0 Å². The van der Waals surface area contributed by atoms with Crippen LogP contribution in [0, 0.1) is 0 Å². The van der Waals surface area contributed by atoms with Gasteiger partial charge in [-0.3, -0.25) is 0 Å². The molecule has 3 heteroatoms. The van der Waals surface area contributed by atoms with Crippen molar-refractivity contribution in [3.8, 4) is 5.75 Å². The molecule has 0 aliphatic carbocycles. The molecule has 72 valence electrons. The van der Waals surface area contributed by atoms with E-state index in [9.17, 15) is 0 Å². The fourth-order valence-corrected chi connectivity index (χ4v) is 1.75. The van der Waals surface area contributed by atoms with E-state index in [4.69, 9.17) is 10.5 Å². The Morgan fingerprint density at radius 3 is 2.69 bits per heavy atom. The van der Waals surface area contributed by atoms with Crippen molar-refractivity contribution in [2.75, 3.05) is 7.11 Å². The lowest BCUT2D eigenvalue weighted by Crippen LogP contribution is -2.17. The first-order valence-electron chi connectivity index (χ1n) is 4.21. The number of nitrogens with two attached hydrogens (primary N) is 1. The first-order chi connectivity index (χ1) is 6.11. The van der Waals surface area contributed by atoms with Gasteiger partial charge in [-0.15, -0.1) is 0 Å². The summed E-state index contributed by atoms with van der Waals surface area (Å²) in [6.07, 6.45) is 0.871. The highest BCUT2D eigenvalue weighted by atomic mass is 79.9. The summed E-state index contributed by atoms with van der Waals surface area (Å²) in [5.41, 5.74) is 6.91. The van der Waals surface area contributed by atoms with Crippen molar-refractivity contribution in [2.24, 2.45) is 5.73 Å². The largest absolute Gasteiger partial charge is 0.497 e. The molecular weight excluding hydrogens is 230 g/mol. The summed E-state index contributed by atoms with van der Waals surface area (Å²) < 4.78 is 6.18. The van der Waals surface area contributed by atoms with Gasteiger partial charge in [-0.1, -0.05) is 15.9 Å². The zero-order valence-electron chi connectivity index (χ0n) is 7.88. The van der Waals surface area contributed by atoms with Crippen molar-refractivity contribution < 1.29 is 4.74 Å². The predicted octanol–water partition coefficient (Wildman–Crippen LogP) is 2.35. The smallest absolute Gasteiger partial charge is 0.120 e. The topological polar surface area (TPSA) is 35.2 Å². The molecule has 13 heavy (non-hydrogen) atoms. The van der Waals surface area contributed by atoms with E-state index in [1.54, 1.807) is 7.11 Å². The van der Waals surface area contributed by atoms with Gasteiger partial charge in [-0.2, -0.15) is 0 Å². The van der Waals surface area contributed by atoms with Crippen LogP contribution >= 0.6 is 15.9 Å². The van der Waals surface area contributed by atoms with E-state index >= 15 is 0 Å². The molecule has 1 atom stereocenters. The second-order valence-electron chi connectivity index (χ2n) is 3.18. The molecule has 1 rings (SSSR count). The quantitative estimate of drug-likeness (QED) is 0.885. The predicted molar refractivity (Wildman–Crippen MR) is 58.0 cm³/mol. The minimum absolute atomic E-state index is 0.180. The third-order valence-electron chi connectivity index (χ3n) is 1.72. The van der Waals surface area contributed by atoms with E-state index in [1.807, 2.05) is 19.1 Å². The molecule has 0 unspecified atom stereocenters. The van der Waals surface area contributed by atoms with Crippen LogP contribution in [0.2, 0.25) is 0 Å². The van der Waals surface area contributed by atoms with Crippen LogP contribution in [0.3, 0.4) is 0 Å². The maximum absolute atomic E-state index is 5.71. The molecule has 0 aliphatic heterocycles. The summed E-state index contributed by atoms with van der Waals surface area (Å²) >= 11 is 3.42. The van der Waals surface area contributed by atoms with Crippen molar-refractivity contribution in [1.82, 2.24) is 0 Å². The molecule has 0 saturated heterocycles. The molecule has 1 aromatic carbocycles. The average Bonchev–Trinajstić information content (AvgIpc) is 2.01.